The molecule has 0 radical (unpaired) electrons. The molecule has 4 aromatic rings. The second-order valence-electron chi connectivity index (χ2n) is 8.92. The second kappa shape index (κ2) is 12.6. The lowest BCUT2D eigenvalue weighted by Crippen LogP contribution is -2.41. The fraction of sp³-hybridized carbons (Fsp3) is 0.214. The third-order valence-corrected chi connectivity index (χ3v) is 5.96. The number of halogens is 3. The van der Waals surface area contributed by atoms with Crippen LogP contribution in [0.25, 0.3) is 17.1 Å². The molecule has 0 saturated carbocycles. The number of ether oxygens (including phenoxy) is 1. The van der Waals surface area contributed by atoms with E-state index >= 15 is 0 Å². The summed E-state index contributed by atoms with van der Waals surface area (Å²) in [7, 11) is 0. The maximum Gasteiger partial charge on any atom is 0.573 e. The number of amides is 2. The summed E-state index contributed by atoms with van der Waals surface area (Å²) in [6.45, 7) is 4.37. The molecule has 208 valence electrons. The molecule has 1 aromatic heterocycles. The van der Waals surface area contributed by atoms with Gasteiger partial charge in [-0.15, -0.1) is 18.3 Å². The normalized spacial score (nSPS) is 11.1. The lowest BCUT2D eigenvalue weighted by Gasteiger charge is -2.14. The number of alkyl halides is 3. The van der Waals surface area contributed by atoms with Crippen LogP contribution in [0.4, 0.5) is 23.7 Å². The Morgan fingerprint density at radius 3 is 2.45 bits per heavy atom. The number of carbonyl (C=O) groups is 1. The van der Waals surface area contributed by atoms with Crippen molar-refractivity contribution in [1.29, 1.82) is 0 Å². The zero-order valence-electron chi connectivity index (χ0n) is 21.7. The first kappa shape index (κ1) is 28.6. The molecule has 3 N–H and O–H groups in total. The van der Waals surface area contributed by atoms with E-state index in [9.17, 15) is 18.0 Å². The van der Waals surface area contributed by atoms with Crippen molar-refractivity contribution >= 4 is 29.0 Å². The molecule has 0 aliphatic rings. The smallest absolute Gasteiger partial charge is 0.406 e. The fourth-order valence-electron chi connectivity index (χ4n) is 3.87. The minimum Gasteiger partial charge on any atom is -0.406 e. The number of nitrogens with one attached hydrogen (secondary N) is 3. The van der Waals surface area contributed by atoms with Crippen molar-refractivity contribution in [3.05, 3.63) is 89.7 Å². The Morgan fingerprint density at radius 1 is 1.05 bits per heavy atom. The number of hydrogen-bond acceptors (Lipinski definition) is 5. The highest BCUT2D eigenvalue weighted by atomic mass is 32.1. The number of thiocarbonyl (C=S) groups is 1. The fourth-order valence-corrected chi connectivity index (χ4v) is 4.07. The average Bonchev–Trinajstić information content (AvgIpc) is 3.39. The number of hydrogen-bond donors (Lipinski definition) is 3. The minimum atomic E-state index is -4.75. The first-order valence-electron chi connectivity index (χ1n) is 12.4. The van der Waals surface area contributed by atoms with E-state index in [1.165, 1.54) is 35.3 Å². The number of nitrogens with zero attached hydrogens (tertiary/aromatic N) is 3. The van der Waals surface area contributed by atoms with Gasteiger partial charge in [0, 0.05) is 17.8 Å². The molecule has 0 unspecified atom stereocenters. The molecule has 8 nitrogen and oxygen atoms in total. The van der Waals surface area contributed by atoms with Gasteiger partial charge in [0.2, 0.25) is 0 Å². The summed E-state index contributed by atoms with van der Waals surface area (Å²) < 4.78 is 42.4. The van der Waals surface area contributed by atoms with Gasteiger partial charge in [-0.05, 0) is 72.6 Å². The zero-order valence-corrected chi connectivity index (χ0v) is 22.6. The van der Waals surface area contributed by atoms with Crippen molar-refractivity contribution in [2.75, 3.05) is 5.32 Å². The highest BCUT2D eigenvalue weighted by Crippen LogP contribution is 2.24. The third kappa shape index (κ3) is 8.03. The Morgan fingerprint density at radius 2 is 1.77 bits per heavy atom. The van der Waals surface area contributed by atoms with E-state index in [0.29, 0.717) is 11.5 Å². The molecule has 0 aliphatic heterocycles. The maximum atomic E-state index is 12.4. The number of rotatable bonds is 8. The van der Waals surface area contributed by atoms with Crippen LogP contribution in [0, 0.1) is 6.92 Å². The summed E-state index contributed by atoms with van der Waals surface area (Å²) in [5.74, 6) is 0.114. The van der Waals surface area contributed by atoms with Crippen LogP contribution < -0.4 is 20.7 Å². The number of anilines is 1. The second-order valence-corrected chi connectivity index (χ2v) is 9.33. The van der Waals surface area contributed by atoms with Gasteiger partial charge in [0.25, 0.3) is 0 Å². The van der Waals surface area contributed by atoms with Crippen LogP contribution in [0.15, 0.2) is 73.1 Å². The number of aryl methyl sites for hydroxylation is 2. The lowest BCUT2D eigenvalue weighted by atomic mass is 10.1. The van der Waals surface area contributed by atoms with E-state index < -0.39 is 12.4 Å². The van der Waals surface area contributed by atoms with Crippen LogP contribution in [0.1, 0.15) is 30.0 Å². The van der Waals surface area contributed by atoms with Gasteiger partial charge in [0.05, 0.1) is 5.69 Å². The van der Waals surface area contributed by atoms with Crippen molar-refractivity contribution in [3.63, 3.8) is 0 Å². The highest BCUT2D eigenvalue weighted by molar-refractivity contribution is 7.80. The molecule has 0 saturated heterocycles. The number of urea groups is 1. The quantitative estimate of drug-likeness (QED) is 0.216. The summed E-state index contributed by atoms with van der Waals surface area (Å²) in [5.41, 5.74) is 5.21. The van der Waals surface area contributed by atoms with Crippen LogP contribution in [0.5, 0.6) is 5.75 Å². The molecule has 3 aromatic carbocycles. The number of benzene rings is 3. The molecular formula is C28H27F3N6O2S. The van der Waals surface area contributed by atoms with Crippen LogP contribution in [-0.4, -0.2) is 32.3 Å². The predicted molar refractivity (Wildman–Crippen MR) is 150 cm³/mol. The topological polar surface area (TPSA) is 93.1 Å². The molecule has 0 fully saturated rings. The van der Waals surface area contributed by atoms with Gasteiger partial charge in [-0.3, -0.25) is 5.32 Å². The summed E-state index contributed by atoms with van der Waals surface area (Å²) in [6, 6.07) is 18.3. The Balaban J connectivity index is 1.29. The zero-order chi connectivity index (χ0) is 28.7. The van der Waals surface area contributed by atoms with Crippen molar-refractivity contribution in [2.24, 2.45) is 0 Å². The van der Waals surface area contributed by atoms with E-state index in [0.717, 1.165) is 40.8 Å². The summed E-state index contributed by atoms with van der Waals surface area (Å²) >= 11 is 5.32. The molecule has 2 amide bonds. The van der Waals surface area contributed by atoms with Gasteiger partial charge in [-0.1, -0.05) is 49.7 Å². The Labute approximate surface area is 234 Å². The van der Waals surface area contributed by atoms with Crippen LogP contribution in [0.2, 0.25) is 0 Å². The maximum absolute atomic E-state index is 12.4. The molecule has 0 bridgehead atoms. The van der Waals surface area contributed by atoms with E-state index in [4.69, 9.17) is 12.2 Å². The minimum absolute atomic E-state index is 0.208. The molecule has 0 spiro atoms. The first-order valence-corrected chi connectivity index (χ1v) is 12.8. The monoisotopic (exact) mass is 568 g/mol. The predicted octanol–water partition coefficient (Wildman–Crippen LogP) is 6.29. The Kier molecular flexibility index (Phi) is 9.00. The van der Waals surface area contributed by atoms with Gasteiger partial charge in [0.1, 0.15) is 12.1 Å². The summed E-state index contributed by atoms with van der Waals surface area (Å²) in [6.07, 6.45) is -1.39. The number of aromatic nitrogens is 3. The summed E-state index contributed by atoms with van der Waals surface area (Å²) in [5, 5.41) is 13.1. The van der Waals surface area contributed by atoms with Crippen molar-refractivity contribution in [1.82, 2.24) is 25.4 Å². The Bertz CT molecular complexity index is 1470. The number of carbonyl (C=O) groups excluding carboxylic acids is 1. The van der Waals surface area contributed by atoms with E-state index in [1.807, 2.05) is 43.3 Å². The lowest BCUT2D eigenvalue weighted by molar-refractivity contribution is -0.274. The summed E-state index contributed by atoms with van der Waals surface area (Å²) in [4.78, 5) is 16.7. The van der Waals surface area contributed by atoms with Gasteiger partial charge < -0.3 is 15.4 Å². The van der Waals surface area contributed by atoms with Gasteiger partial charge in [-0.2, -0.15) is 0 Å². The third-order valence-electron chi connectivity index (χ3n) is 5.75. The average molecular weight is 569 g/mol. The van der Waals surface area contributed by atoms with Gasteiger partial charge >= 0.3 is 12.4 Å². The molecule has 4 rings (SSSR count). The van der Waals surface area contributed by atoms with Crippen molar-refractivity contribution in [3.8, 4) is 22.8 Å². The molecule has 40 heavy (non-hydrogen) atoms. The molecule has 0 atom stereocenters. The molecule has 0 aliphatic carbocycles. The van der Waals surface area contributed by atoms with Crippen molar-refractivity contribution < 1.29 is 22.7 Å². The van der Waals surface area contributed by atoms with Crippen molar-refractivity contribution in [2.45, 2.75) is 39.6 Å². The first-order chi connectivity index (χ1) is 19.1. The highest BCUT2D eigenvalue weighted by Gasteiger charge is 2.31. The Hall–Kier alpha value is -4.45. The molecule has 12 heteroatoms. The van der Waals surface area contributed by atoms with E-state index in [2.05, 4.69) is 43.8 Å². The van der Waals surface area contributed by atoms with E-state index in [-0.39, 0.29) is 17.4 Å². The largest absolute Gasteiger partial charge is 0.573 e. The molecule has 1 heterocycles. The van der Waals surface area contributed by atoms with E-state index in [1.54, 1.807) is 0 Å². The van der Waals surface area contributed by atoms with Crippen LogP contribution >= 0.6 is 12.2 Å². The van der Waals surface area contributed by atoms with Crippen LogP contribution in [-0.2, 0) is 13.0 Å². The SMILES string of the molecule is CCCc1ccc(C)cc1NC(=S)NC(=O)NCc1ccc(-c2ncn(-c3ccc(OC(F)(F)F)cc3)n2)cc1. The van der Waals surface area contributed by atoms with Crippen LogP contribution in [0.3, 0.4) is 0 Å². The van der Waals surface area contributed by atoms with Gasteiger partial charge in [0.15, 0.2) is 10.9 Å². The van der Waals surface area contributed by atoms with Gasteiger partial charge in [-0.25, -0.2) is 14.5 Å². The standard InChI is InChI=1S/C28H27F3N6O2S/c1-3-4-20-8-5-18(2)15-24(20)34-27(40)35-26(38)32-16-19-6-9-21(10-7-19)25-33-17-37(36-25)22-11-13-23(14-12-22)39-28(29,30)31/h5-15,17H,3-4,16H2,1-2H3,(H3,32,34,35,38,40). The molecular weight excluding hydrogens is 541 g/mol.